The van der Waals surface area contributed by atoms with E-state index in [-0.39, 0.29) is 42.8 Å². The lowest BCUT2D eigenvalue weighted by Crippen LogP contribution is -2.60. The molecule has 49 nitrogen and oxygen atoms in total. The molecule has 0 aromatic carbocycles. The van der Waals surface area contributed by atoms with Gasteiger partial charge in [0.05, 0.1) is 54.1 Å². The predicted octanol–water partition coefficient (Wildman–Crippen LogP) is -8.85. The average Bonchev–Trinajstić information content (AvgIpc) is 1.80. The van der Waals surface area contributed by atoms with Crippen LogP contribution in [-0.4, -0.2) is 281 Å². The Balaban J connectivity index is 1.42. The molecule has 0 spiro atoms. The molecular weight excluding hydrogens is 1550 g/mol. The van der Waals surface area contributed by atoms with E-state index in [2.05, 4.69) is 120 Å². The number of carboxylic acid groups (broad SMARTS) is 5. The summed E-state index contributed by atoms with van der Waals surface area (Å²) in [7, 11) is 0. The van der Waals surface area contributed by atoms with Crippen LogP contribution in [-0.2, 0) is 122 Å². The van der Waals surface area contributed by atoms with Crippen LogP contribution in [0.1, 0.15) is 130 Å². The van der Waals surface area contributed by atoms with Gasteiger partial charge in [-0.25, -0.2) is 24.7 Å². The first-order chi connectivity index (χ1) is 55.0. The first kappa shape index (κ1) is 95.6. The number of H-pyrrole nitrogens is 4. The number of imidazole rings is 4. The molecule has 4 aromatic rings. The van der Waals surface area contributed by atoms with Gasteiger partial charge in [0.15, 0.2) is 0 Å². The number of carboxylic acids is 5. The van der Waals surface area contributed by atoms with Crippen molar-refractivity contribution in [2.45, 2.75) is 229 Å². The van der Waals surface area contributed by atoms with E-state index in [1.807, 2.05) is 0 Å². The number of nitrogens with zero attached hydrogens (tertiary/aromatic N) is 4. The topological polar surface area (TPSA) is 764 Å². The number of aliphatic carboxylic acids is 5. The fraction of sp³-hybridized carbons (Fsp3) is 0.529. The maximum atomic E-state index is 14.1. The Kier molecular flexibility index (Phi) is 38.4. The standard InChI is InChI=1S/C68H98N24O25/c1-29(69)53(101)85-41(9-13-49(93)94)61(109)78-30(2)54(102)86-43(11-15-51(97)98)63(111)80-33(5)57(105)89-46(18-38-22-71-26-75-38)66(114)83-35(7)59(107)91-45(17-37-21-70-25-74-37)65(113)82-32(4)56(104)88-42(10-14-50(95)96)62(110)79-31(3)55(103)87-44(12-16-52(99)100)64(112)81-34(6)58(106)90-47(19-39-23-72-27-76-39)67(115)84-36(8)60(108)92-48(68(116)117)20-40-24-73-28-77-40/h21-36,41-48H,9-20,69H2,1-8H3,(H,70,74)(H,71,75)(H,72,76)(H,73,77)(H,78,109)(H,79,110)(H,80,111)(H,81,112)(H,82,113)(H,83,114)(H,84,115)(H,85,101)(H,86,102)(H,87,103)(H,88,104)(H,89,105)(H,90,106)(H,91,107)(H,92,108)(H,93,94)(H,95,96)(H,97,98)(H,99,100)(H,116,117)/t29-,30-,31-,32-,33-,34-,35-,36-,41-,42-,43-,44-,45-,46-,47-,48-/m0/s1. The van der Waals surface area contributed by atoms with Gasteiger partial charge in [-0.05, 0) is 81.1 Å². The van der Waals surface area contributed by atoms with Gasteiger partial charge in [-0.1, -0.05) is 0 Å². The molecule has 117 heavy (non-hydrogen) atoms. The lowest BCUT2D eigenvalue weighted by atomic mass is 10.1. The SMILES string of the molecule is C[C@H](N)C(=O)N[C@@H](CCC(=O)O)C(=O)N[C@@H](C)C(=O)N[C@@H](CCC(=O)O)C(=O)N[C@@H](C)C(=O)N[C@@H](Cc1c[nH]cn1)C(=O)N[C@@H](C)C(=O)N[C@@H](Cc1c[nH]cn1)C(=O)N[C@@H](C)C(=O)N[C@@H](CCC(=O)O)C(=O)N[C@@H](C)C(=O)N[C@@H](CCC(=O)O)C(=O)N[C@@H](C)C(=O)N[C@@H](Cc1c[nH]cn1)C(=O)N[C@@H](C)C(=O)N[C@@H](Cc1c[nH]cn1)C(=O)O. The molecule has 4 heterocycles. The normalized spacial score (nSPS) is 15.1. The number of carbonyl (C=O) groups excluding carboxylic acids is 15. The van der Waals surface area contributed by atoms with Crippen LogP contribution in [0.2, 0.25) is 0 Å². The van der Waals surface area contributed by atoms with Gasteiger partial charge in [0.2, 0.25) is 88.6 Å². The second-order valence-electron chi connectivity index (χ2n) is 27.0. The number of aromatic nitrogens is 8. The van der Waals surface area contributed by atoms with Crippen molar-refractivity contribution in [3.8, 4) is 0 Å². The van der Waals surface area contributed by atoms with Gasteiger partial charge in [0.25, 0.3) is 0 Å². The highest BCUT2D eigenvalue weighted by Crippen LogP contribution is 2.11. The number of nitrogens with one attached hydrogen (secondary N) is 19. The van der Waals surface area contributed by atoms with Crippen molar-refractivity contribution in [2.75, 3.05) is 0 Å². The zero-order chi connectivity index (χ0) is 87.5. The Labute approximate surface area is 665 Å². The molecular formula is C68H98N24O25. The molecule has 0 fully saturated rings. The van der Waals surface area contributed by atoms with E-state index in [0.717, 1.165) is 34.6 Å². The van der Waals surface area contributed by atoms with Crippen molar-refractivity contribution in [1.29, 1.82) is 0 Å². The summed E-state index contributed by atoms with van der Waals surface area (Å²) in [5.41, 5.74) is 6.48. The van der Waals surface area contributed by atoms with Gasteiger partial charge in [0.1, 0.15) is 90.6 Å². The maximum Gasteiger partial charge on any atom is 0.326 e. The molecule has 0 saturated heterocycles. The quantitative estimate of drug-likeness (QED) is 0.0195. The van der Waals surface area contributed by atoms with Gasteiger partial charge in [-0.15, -0.1) is 0 Å². The van der Waals surface area contributed by atoms with Crippen molar-refractivity contribution in [2.24, 2.45) is 5.73 Å². The summed E-state index contributed by atoms with van der Waals surface area (Å²) in [5, 5.41) is 82.6. The van der Waals surface area contributed by atoms with Gasteiger partial charge >= 0.3 is 29.8 Å². The summed E-state index contributed by atoms with van der Waals surface area (Å²) in [6.45, 7) is 9.42. The predicted molar refractivity (Wildman–Crippen MR) is 397 cm³/mol. The molecule has 4 rings (SSSR count). The third kappa shape index (κ3) is 33.8. The third-order valence-corrected chi connectivity index (χ3v) is 17.2. The summed E-state index contributed by atoms with van der Waals surface area (Å²) in [4.78, 5) is 290. The Morgan fingerprint density at radius 1 is 0.265 bits per heavy atom. The molecule has 0 aliphatic rings. The minimum Gasteiger partial charge on any atom is -0.481 e. The number of nitrogens with two attached hydrogens (primary N) is 1. The van der Waals surface area contributed by atoms with Gasteiger partial charge in [-0.3, -0.25) is 91.1 Å². The summed E-state index contributed by atoms with van der Waals surface area (Å²) in [6.07, 6.45) is 4.26. The monoisotopic (exact) mass is 1650 g/mol. The molecule has 26 N–H and O–H groups in total. The zero-order valence-electron chi connectivity index (χ0n) is 64.6. The molecule has 15 amide bonds. The lowest BCUT2D eigenvalue weighted by Gasteiger charge is -2.26. The van der Waals surface area contributed by atoms with Crippen LogP contribution >= 0.6 is 0 Å². The number of rotatable bonds is 51. The highest BCUT2D eigenvalue weighted by molar-refractivity contribution is 6.01. The molecule has 4 aromatic heterocycles. The number of carbonyl (C=O) groups is 20. The molecule has 16 atom stereocenters. The average molecular weight is 1650 g/mol. The van der Waals surface area contributed by atoms with E-state index >= 15 is 0 Å². The maximum absolute atomic E-state index is 14.1. The lowest BCUT2D eigenvalue weighted by molar-refractivity contribution is -0.142. The molecule has 0 saturated carbocycles. The number of amides is 15. The second-order valence-corrected chi connectivity index (χ2v) is 27.0. The smallest absolute Gasteiger partial charge is 0.326 e. The van der Waals surface area contributed by atoms with Gasteiger partial charge < -0.3 is 131 Å². The van der Waals surface area contributed by atoms with Gasteiger partial charge in [-0.2, -0.15) is 0 Å². The summed E-state index contributed by atoms with van der Waals surface area (Å²) in [6, 6.07) is -24.8. The van der Waals surface area contributed by atoms with E-state index in [1.165, 1.54) is 70.9 Å². The summed E-state index contributed by atoms with van der Waals surface area (Å²) >= 11 is 0. The molecule has 0 radical (unpaired) electrons. The second kappa shape index (κ2) is 47.0. The summed E-state index contributed by atoms with van der Waals surface area (Å²) in [5.74, 6) is -22.8. The van der Waals surface area contributed by atoms with E-state index in [0.29, 0.717) is 5.69 Å². The molecule has 0 unspecified atom stereocenters. The van der Waals surface area contributed by atoms with Crippen molar-refractivity contribution in [1.82, 2.24) is 120 Å². The molecule has 640 valence electrons. The van der Waals surface area contributed by atoms with Crippen LogP contribution in [0.3, 0.4) is 0 Å². The Morgan fingerprint density at radius 2 is 0.436 bits per heavy atom. The third-order valence-electron chi connectivity index (χ3n) is 17.2. The van der Waals surface area contributed by atoms with Crippen LogP contribution in [0.25, 0.3) is 0 Å². The molecule has 0 aliphatic heterocycles. The number of hydrogen-bond donors (Lipinski definition) is 25. The minimum absolute atomic E-state index is 0.174. The zero-order valence-corrected chi connectivity index (χ0v) is 64.6. The first-order valence-electron chi connectivity index (χ1n) is 36.3. The van der Waals surface area contributed by atoms with Crippen LogP contribution < -0.4 is 85.5 Å². The van der Waals surface area contributed by atoms with Gasteiger partial charge in [0, 0.05) is 76.2 Å². The first-order valence-corrected chi connectivity index (χ1v) is 36.3. The Hall–Kier alpha value is -13.8. The molecule has 49 heteroatoms. The summed E-state index contributed by atoms with van der Waals surface area (Å²) < 4.78 is 0. The van der Waals surface area contributed by atoms with E-state index in [1.54, 1.807) is 0 Å². The largest absolute Gasteiger partial charge is 0.481 e. The van der Waals surface area contributed by atoms with Crippen molar-refractivity contribution in [3.05, 3.63) is 72.9 Å². The van der Waals surface area contributed by atoms with Crippen molar-refractivity contribution < 1.29 is 121 Å². The Bertz CT molecular complexity index is 4140. The van der Waals surface area contributed by atoms with Crippen molar-refractivity contribution >= 4 is 118 Å². The van der Waals surface area contributed by atoms with E-state index in [4.69, 9.17) is 5.73 Å². The highest BCUT2D eigenvalue weighted by Gasteiger charge is 2.37. The van der Waals surface area contributed by atoms with E-state index in [9.17, 15) is 121 Å². The molecule has 0 bridgehead atoms. The van der Waals surface area contributed by atoms with Crippen LogP contribution in [0, 0.1) is 0 Å². The number of hydrogen-bond acceptors (Lipinski definition) is 25. The Morgan fingerprint density at radius 3 is 0.607 bits per heavy atom. The highest BCUT2D eigenvalue weighted by atomic mass is 16.4. The fourth-order valence-corrected chi connectivity index (χ4v) is 10.5. The van der Waals surface area contributed by atoms with Crippen LogP contribution in [0.15, 0.2) is 50.1 Å². The van der Waals surface area contributed by atoms with Crippen molar-refractivity contribution in [3.63, 3.8) is 0 Å². The van der Waals surface area contributed by atoms with E-state index < -0.39 is 266 Å². The van der Waals surface area contributed by atoms with Crippen LogP contribution in [0.4, 0.5) is 0 Å². The minimum atomic E-state index is -1.78. The molecule has 0 aliphatic carbocycles. The fourth-order valence-electron chi connectivity index (χ4n) is 10.5. The number of aromatic amines is 4. The van der Waals surface area contributed by atoms with Crippen LogP contribution in [0.5, 0.6) is 0 Å².